The summed E-state index contributed by atoms with van der Waals surface area (Å²) in [5, 5.41) is 0. The largest absolute Gasteiger partial charge is 0.0956 e. The Morgan fingerprint density at radius 2 is 2.18 bits per heavy atom. The zero-order chi connectivity index (χ0) is 8.27. The van der Waals surface area contributed by atoms with Gasteiger partial charge in [-0.2, -0.15) is 0 Å². The molecule has 0 heterocycles. The Hall–Kier alpha value is -0.520. The van der Waals surface area contributed by atoms with Crippen molar-refractivity contribution in [3.63, 3.8) is 0 Å². The van der Waals surface area contributed by atoms with Crippen molar-refractivity contribution < 1.29 is 0 Å². The highest BCUT2D eigenvalue weighted by Crippen LogP contribution is 2.23. The predicted octanol–water partition coefficient (Wildman–Crippen LogP) is 3.70. The van der Waals surface area contributed by atoms with Crippen LogP contribution in [-0.2, 0) is 0 Å². The van der Waals surface area contributed by atoms with Gasteiger partial charge in [-0.1, -0.05) is 37.1 Å². The van der Waals surface area contributed by atoms with Crippen LogP contribution in [-0.4, -0.2) is 0 Å². The molecule has 0 nitrogen and oxygen atoms in total. The fourth-order valence-electron chi connectivity index (χ4n) is 1.57. The normalized spacial score (nSPS) is 32.0. The summed E-state index contributed by atoms with van der Waals surface area (Å²) in [4.78, 5) is 0. The van der Waals surface area contributed by atoms with E-state index in [-0.39, 0.29) is 0 Å². The molecule has 1 atom stereocenters. The lowest BCUT2D eigenvalue weighted by molar-refractivity contribution is 0.556. The number of allylic oxidation sites excluding steroid dienone is 3. The molecule has 0 aromatic carbocycles. The zero-order valence-corrected chi connectivity index (χ0v) is 7.69. The molecule has 0 spiro atoms. The van der Waals surface area contributed by atoms with E-state index in [4.69, 9.17) is 0 Å². The van der Waals surface area contributed by atoms with Crippen molar-refractivity contribution in [2.24, 2.45) is 5.92 Å². The van der Waals surface area contributed by atoms with E-state index in [1.54, 1.807) is 0 Å². The molecule has 62 valence electrons. The summed E-state index contributed by atoms with van der Waals surface area (Å²) in [5.74, 6) is 0.699. The molecule has 1 aliphatic carbocycles. The lowest BCUT2D eigenvalue weighted by atomic mass is 9.90. The molecule has 1 unspecified atom stereocenters. The van der Waals surface area contributed by atoms with Gasteiger partial charge in [0.2, 0.25) is 0 Å². The van der Waals surface area contributed by atoms with Gasteiger partial charge >= 0.3 is 0 Å². The van der Waals surface area contributed by atoms with E-state index in [9.17, 15) is 0 Å². The Balaban J connectivity index is 2.66. The van der Waals surface area contributed by atoms with Gasteiger partial charge in [-0.3, -0.25) is 0 Å². The molecule has 0 aromatic heterocycles. The van der Waals surface area contributed by atoms with Crippen LogP contribution in [0.25, 0.3) is 0 Å². The van der Waals surface area contributed by atoms with Gasteiger partial charge in [0, 0.05) is 0 Å². The van der Waals surface area contributed by atoms with Gasteiger partial charge in [-0.25, -0.2) is 0 Å². The van der Waals surface area contributed by atoms with Crippen molar-refractivity contribution >= 4 is 0 Å². The molecule has 0 bridgehead atoms. The van der Waals surface area contributed by atoms with Crippen molar-refractivity contribution in [2.75, 3.05) is 0 Å². The molecule has 0 aliphatic heterocycles. The Bertz CT molecular complexity index is 174. The average molecular weight is 150 g/mol. The molecular formula is C11H18. The standard InChI is InChI=1S/C11H18/c1-9-6-4-5-7-10(2)11(3)8-9/h8,10H,3-7H2,1-2H3/b9-8-. The number of hydrogen-bond donors (Lipinski definition) is 0. The number of hydrogen-bond acceptors (Lipinski definition) is 0. The summed E-state index contributed by atoms with van der Waals surface area (Å²) in [6, 6.07) is 0. The Kier molecular flexibility index (Phi) is 2.92. The summed E-state index contributed by atoms with van der Waals surface area (Å²) in [6.45, 7) is 8.56. The van der Waals surface area contributed by atoms with E-state index in [2.05, 4.69) is 26.5 Å². The van der Waals surface area contributed by atoms with Gasteiger partial charge in [-0.05, 0) is 32.1 Å². The summed E-state index contributed by atoms with van der Waals surface area (Å²) >= 11 is 0. The second-order valence-electron chi connectivity index (χ2n) is 3.71. The van der Waals surface area contributed by atoms with Gasteiger partial charge in [0.05, 0.1) is 0 Å². The molecule has 0 saturated heterocycles. The van der Waals surface area contributed by atoms with Gasteiger partial charge in [0.1, 0.15) is 0 Å². The predicted molar refractivity (Wildman–Crippen MR) is 50.5 cm³/mol. The first kappa shape index (κ1) is 8.58. The van der Waals surface area contributed by atoms with Crippen LogP contribution in [0.5, 0.6) is 0 Å². The highest BCUT2D eigenvalue weighted by molar-refractivity contribution is 5.22. The second kappa shape index (κ2) is 3.75. The molecule has 0 aromatic rings. The van der Waals surface area contributed by atoms with E-state index in [0.717, 1.165) is 0 Å². The summed E-state index contributed by atoms with van der Waals surface area (Å²) in [6.07, 6.45) is 7.59. The van der Waals surface area contributed by atoms with Crippen LogP contribution in [0.3, 0.4) is 0 Å². The topological polar surface area (TPSA) is 0 Å². The summed E-state index contributed by atoms with van der Waals surface area (Å²) in [5.41, 5.74) is 2.82. The van der Waals surface area contributed by atoms with Crippen LogP contribution in [0, 0.1) is 5.92 Å². The van der Waals surface area contributed by atoms with Crippen molar-refractivity contribution in [3.8, 4) is 0 Å². The maximum absolute atomic E-state index is 4.07. The van der Waals surface area contributed by atoms with Crippen LogP contribution in [0.2, 0.25) is 0 Å². The fourth-order valence-corrected chi connectivity index (χ4v) is 1.57. The van der Waals surface area contributed by atoms with Crippen molar-refractivity contribution in [2.45, 2.75) is 39.5 Å². The van der Waals surface area contributed by atoms with Crippen LogP contribution < -0.4 is 0 Å². The highest BCUT2D eigenvalue weighted by atomic mass is 14.1. The van der Waals surface area contributed by atoms with Crippen LogP contribution in [0.15, 0.2) is 23.8 Å². The van der Waals surface area contributed by atoms with Gasteiger partial charge < -0.3 is 0 Å². The molecule has 0 fully saturated rings. The third-order valence-electron chi connectivity index (χ3n) is 2.52. The van der Waals surface area contributed by atoms with E-state index in [0.29, 0.717) is 5.92 Å². The minimum atomic E-state index is 0.699. The Morgan fingerprint density at radius 3 is 2.91 bits per heavy atom. The van der Waals surface area contributed by atoms with E-state index in [1.165, 1.54) is 36.8 Å². The molecule has 0 radical (unpaired) electrons. The summed E-state index contributed by atoms with van der Waals surface area (Å²) < 4.78 is 0. The zero-order valence-electron chi connectivity index (χ0n) is 7.69. The molecule has 0 saturated carbocycles. The lowest BCUT2D eigenvalue weighted by Gasteiger charge is -2.15. The quantitative estimate of drug-likeness (QED) is 0.494. The molecule has 11 heavy (non-hydrogen) atoms. The maximum atomic E-state index is 4.07. The lowest BCUT2D eigenvalue weighted by Crippen LogP contribution is -1.99. The molecular weight excluding hydrogens is 132 g/mol. The van der Waals surface area contributed by atoms with Crippen molar-refractivity contribution in [1.82, 2.24) is 0 Å². The minimum Gasteiger partial charge on any atom is -0.0956 e. The van der Waals surface area contributed by atoms with E-state index >= 15 is 0 Å². The first-order chi connectivity index (χ1) is 5.20. The first-order valence-electron chi connectivity index (χ1n) is 4.56. The average Bonchev–Trinajstić information content (AvgIpc) is 1.95. The van der Waals surface area contributed by atoms with Gasteiger partial charge in [0.25, 0.3) is 0 Å². The number of rotatable bonds is 0. The molecule has 1 rings (SSSR count). The van der Waals surface area contributed by atoms with Crippen molar-refractivity contribution in [3.05, 3.63) is 23.8 Å². The van der Waals surface area contributed by atoms with Crippen LogP contribution in [0.1, 0.15) is 39.5 Å². The third kappa shape index (κ3) is 2.53. The molecule has 1 aliphatic rings. The van der Waals surface area contributed by atoms with Gasteiger partial charge in [-0.15, -0.1) is 0 Å². The smallest absolute Gasteiger partial charge is 0.0196 e. The minimum absolute atomic E-state index is 0.699. The SMILES string of the molecule is C=C1/C=C(/C)CCCCC1C. The van der Waals surface area contributed by atoms with Crippen LogP contribution >= 0.6 is 0 Å². The molecule has 0 amide bonds. The highest BCUT2D eigenvalue weighted by Gasteiger charge is 2.07. The molecule has 0 N–H and O–H groups in total. The Labute approximate surface area is 70.0 Å². The first-order valence-corrected chi connectivity index (χ1v) is 4.56. The molecule has 0 heteroatoms. The third-order valence-corrected chi connectivity index (χ3v) is 2.52. The van der Waals surface area contributed by atoms with Crippen molar-refractivity contribution in [1.29, 1.82) is 0 Å². The van der Waals surface area contributed by atoms with E-state index in [1.807, 2.05) is 0 Å². The van der Waals surface area contributed by atoms with E-state index < -0.39 is 0 Å². The van der Waals surface area contributed by atoms with Crippen LogP contribution in [0.4, 0.5) is 0 Å². The monoisotopic (exact) mass is 150 g/mol. The second-order valence-corrected chi connectivity index (χ2v) is 3.71. The fraction of sp³-hybridized carbons (Fsp3) is 0.636. The maximum Gasteiger partial charge on any atom is -0.0196 e. The summed E-state index contributed by atoms with van der Waals surface area (Å²) in [7, 11) is 0. The Morgan fingerprint density at radius 1 is 1.45 bits per heavy atom. The van der Waals surface area contributed by atoms with Gasteiger partial charge in [0.15, 0.2) is 0 Å².